The van der Waals surface area contributed by atoms with Gasteiger partial charge in [-0.3, -0.25) is 4.79 Å². The molecule has 0 unspecified atom stereocenters. The minimum atomic E-state index is -1.26. The zero-order valence-corrected chi connectivity index (χ0v) is 19.2. The van der Waals surface area contributed by atoms with Gasteiger partial charge in [0, 0.05) is 25.6 Å². The number of amides is 1. The highest BCUT2D eigenvalue weighted by atomic mass is 16.5. The van der Waals surface area contributed by atoms with Gasteiger partial charge in [0.1, 0.15) is 5.75 Å². The highest BCUT2D eigenvalue weighted by molar-refractivity contribution is 6.47. The van der Waals surface area contributed by atoms with Crippen LogP contribution in [0.5, 0.6) is 5.75 Å². The van der Waals surface area contributed by atoms with Crippen LogP contribution < -0.4 is 20.6 Å². The molecular formula is C24H36BN3O5. The maximum absolute atomic E-state index is 12.6. The van der Waals surface area contributed by atoms with Crippen molar-refractivity contribution in [3.8, 4) is 5.75 Å². The van der Waals surface area contributed by atoms with Gasteiger partial charge in [0.15, 0.2) is 0 Å². The zero-order chi connectivity index (χ0) is 23.2. The third-order valence-electron chi connectivity index (χ3n) is 7.18. The third kappa shape index (κ3) is 6.95. The van der Waals surface area contributed by atoms with E-state index in [0.717, 1.165) is 51.2 Å². The summed E-state index contributed by atoms with van der Waals surface area (Å²) in [6.07, 6.45) is 9.14. The fourth-order valence-electron chi connectivity index (χ4n) is 5.02. The third-order valence-corrected chi connectivity index (χ3v) is 7.18. The van der Waals surface area contributed by atoms with Crippen LogP contribution in [0.2, 0.25) is 0 Å². The molecular weight excluding hydrogens is 421 g/mol. The summed E-state index contributed by atoms with van der Waals surface area (Å²) in [5.41, 5.74) is 0.704. The largest absolute Gasteiger partial charge is 0.547 e. The maximum Gasteiger partial charge on any atom is 0.547 e. The SMILES string of the molecule is O=C(CC1CCC(NCCNCCC2CC2)CC1)N[C@H]1Cc2cccc(C(=O)O)c2OB1O. The number of benzene rings is 1. The van der Waals surface area contributed by atoms with Crippen LogP contribution in [0.15, 0.2) is 18.2 Å². The van der Waals surface area contributed by atoms with Gasteiger partial charge in [-0.25, -0.2) is 4.79 Å². The molecule has 0 aromatic heterocycles. The van der Waals surface area contributed by atoms with Gasteiger partial charge in [-0.15, -0.1) is 0 Å². The first-order valence-electron chi connectivity index (χ1n) is 12.4. The minimum Gasteiger partial charge on any atom is -0.534 e. The highest BCUT2D eigenvalue weighted by Gasteiger charge is 2.38. The average Bonchev–Trinajstić information content (AvgIpc) is 3.61. The summed E-state index contributed by atoms with van der Waals surface area (Å²) < 4.78 is 5.47. The topological polar surface area (TPSA) is 120 Å². The molecule has 4 rings (SSSR count). The predicted molar refractivity (Wildman–Crippen MR) is 126 cm³/mol. The maximum atomic E-state index is 12.6. The summed E-state index contributed by atoms with van der Waals surface area (Å²) in [6, 6.07) is 5.40. The van der Waals surface area contributed by atoms with E-state index in [9.17, 15) is 19.7 Å². The molecule has 1 heterocycles. The monoisotopic (exact) mass is 457 g/mol. The summed E-state index contributed by atoms with van der Waals surface area (Å²) in [6.45, 7) is 3.13. The van der Waals surface area contributed by atoms with Crippen LogP contribution >= 0.6 is 0 Å². The molecule has 180 valence electrons. The van der Waals surface area contributed by atoms with Crippen LogP contribution in [0, 0.1) is 11.8 Å². The first kappa shape index (κ1) is 24.0. The Morgan fingerprint density at radius 3 is 2.52 bits per heavy atom. The normalized spacial score (nSPS) is 24.6. The van der Waals surface area contributed by atoms with Crippen LogP contribution in [0.4, 0.5) is 0 Å². The van der Waals surface area contributed by atoms with Crippen molar-refractivity contribution in [3.05, 3.63) is 29.3 Å². The van der Waals surface area contributed by atoms with Crippen LogP contribution in [-0.2, 0) is 11.2 Å². The van der Waals surface area contributed by atoms with E-state index in [-0.39, 0.29) is 17.2 Å². The molecule has 8 nitrogen and oxygen atoms in total. The van der Waals surface area contributed by atoms with Crippen LogP contribution in [0.3, 0.4) is 0 Å². The number of carbonyl (C=O) groups is 2. The van der Waals surface area contributed by atoms with Gasteiger partial charge in [0.2, 0.25) is 5.91 Å². The molecule has 1 atom stereocenters. The summed E-state index contributed by atoms with van der Waals surface area (Å²) >= 11 is 0. The second kappa shape index (κ2) is 11.4. The first-order valence-corrected chi connectivity index (χ1v) is 12.4. The van der Waals surface area contributed by atoms with Crippen LogP contribution in [-0.4, -0.2) is 60.7 Å². The number of hydrogen-bond donors (Lipinski definition) is 5. The van der Waals surface area contributed by atoms with Crippen molar-refractivity contribution in [2.24, 2.45) is 11.8 Å². The number of aromatic carboxylic acids is 1. The van der Waals surface area contributed by atoms with Gasteiger partial charge in [0.05, 0.1) is 11.5 Å². The second-order valence-electron chi connectivity index (χ2n) is 9.84. The summed E-state index contributed by atoms with van der Waals surface area (Å²) in [5.74, 6) is -0.251. The molecule has 0 radical (unpaired) electrons. The van der Waals surface area contributed by atoms with Gasteiger partial charge >= 0.3 is 13.1 Å². The van der Waals surface area contributed by atoms with Gasteiger partial charge in [0.25, 0.3) is 0 Å². The Morgan fingerprint density at radius 2 is 1.79 bits per heavy atom. The number of carbonyl (C=O) groups excluding carboxylic acids is 1. The van der Waals surface area contributed by atoms with Gasteiger partial charge in [-0.1, -0.05) is 25.0 Å². The molecule has 1 aromatic rings. The van der Waals surface area contributed by atoms with Gasteiger partial charge in [-0.05, 0) is 68.5 Å². The van der Waals surface area contributed by atoms with Crippen molar-refractivity contribution in [2.45, 2.75) is 69.8 Å². The Morgan fingerprint density at radius 1 is 1.03 bits per heavy atom. The molecule has 1 aliphatic heterocycles. The van der Waals surface area contributed by atoms with Crippen molar-refractivity contribution in [3.63, 3.8) is 0 Å². The van der Waals surface area contributed by atoms with Crippen LogP contribution in [0.1, 0.15) is 67.3 Å². The van der Waals surface area contributed by atoms with Crippen LogP contribution in [0.25, 0.3) is 0 Å². The summed E-state index contributed by atoms with van der Waals surface area (Å²) in [4.78, 5) is 24.0. The number of para-hydroxylation sites is 1. The van der Waals surface area contributed by atoms with E-state index in [2.05, 4.69) is 16.0 Å². The van der Waals surface area contributed by atoms with Crippen molar-refractivity contribution >= 4 is 19.0 Å². The Kier molecular flexibility index (Phi) is 8.27. The first-order chi connectivity index (χ1) is 16.0. The van der Waals surface area contributed by atoms with E-state index in [0.29, 0.717) is 30.4 Å². The lowest BCUT2D eigenvalue weighted by molar-refractivity contribution is -0.122. The van der Waals surface area contributed by atoms with Crippen molar-refractivity contribution in [1.82, 2.24) is 16.0 Å². The molecule has 0 spiro atoms. The van der Waals surface area contributed by atoms with E-state index in [1.165, 1.54) is 25.3 Å². The van der Waals surface area contributed by atoms with E-state index in [1.807, 2.05) is 0 Å². The molecule has 5 N–H and O–H groups in total. The zero-order valence-electron chi connectivity index (χ0n) is 19.2. The quantitative estimate of drug-likeness (QED) is 0.254. The molecule has 0 bridgehead atoms. The molecule has 1 aromatic carbocycles. The molecule has 9 heteroatoms. The number of fused-ring (bicyclic) bond motifs is 1. The standard InChI is InChI=1S/C24H36BN3O5/c29-22(28-21-15-18-2-1-3-20(24(30)31)23(18)33-25(21)32)14-17-6-8-19(9-7-17)27-13-12-26-11-10-16-4-5-16/h1-3,16-17,19,21,26-27,32H,4-15H2,(H,28,29)(H,30,31)/t17?,19?,21-/m0/s1. The number of carboxylic acid groups (broad SMARTS) is 1. The van der Waals surface area contributed by atoms with Gasteiger partial charge < -0.3 is 30.7 Å². The average molecular weight is 457 g/mol. The highest BCUT2D eigenvalue weighted by Crippen LogP contribution is 2.32. The van der Waals surface area contributed by atoms with Crippen molar-refractivity contribution in [1.29, 1.82) is 0 Å². The number of hydrogen-bond acceptors (Lipinski definition) is 6. The number of rotatable bonds is 11. The molecule has 3 aliphatic rings. The molecule has 33 heavy (non-hydrogen) atoms. The van der Waals surface area contributed by atoms with E-state index < -0.39 is 19.0 Å². The summed E-state index contributed by atoms with van der Waals surface area (Å²) in [5, 5.41) is 29.7. The Labute approximate surface area is 196 Å². The lowest BCUT2D eigenvalue weighted by Crippen LogP contribution is -2.53. The predicted octanol–water partition coefficient (Wildman–Crippen LogP) is 1.75. The fourth-order valence-corrected chi connectivity index (χ4v) is 5.02. The molecule has 2 saturated carbocycles. The lowest BCUT2D eigenvalue weighted by atomic mass is 9.72. The van der Waals surface area contributed by atoms with E-state index >= 15 is 0 Å². The Balaban J connectivity index is 1.14. The second-order valence-corrected chi connectivity index (χ2v) is 9.84. The minimum absolute atomic E-state index is 0.0238. The fraction of sp³-hybridized carbons (Fsp3) is 0.667. The summed E-state index contributed by atoms with van der Waals surface area (Å²) in [7, 11) is -1.26. The molecule has 0 saturated heterocycles. The van der Waals surface area contributed by atoms with E-state index in [4.69, 9.17) is 4.65 Å². The number of carboxylic acids is 1. The van der Waals surface area contributed by atoms with Crippen molar-refractivity contribution < 1.29 is 24.4 Å². The molecule has 2 aliphatic carbocycles. The van der Waals surface area contributed by atoms with Gasteiger partial charge in [-0.2, -0.15) is 0 Å². The number of nitrogens with one attached hydrogen (secondary N) is 3. The lowest BCUT2D eigenvalue weighted by Gasteiger charge is -2.31. The smallest absolute Gasteiger partial charge is 0.534 e. The van der Waals surface area contributed by atoms with E-state index in [1.54, 1.807) is 12.1 Å². The Bertz CT molecular complexity index is 826. The van der Waals surface area contributed by atoms with Crippen molar-refractivity contribution in [2.75, 3.05) is 19.6 Å². The Hall–Kier alpha value is -2.10. The molecule has 2 fully saturated rings. The molecule has 1 amide bonds.